The Labute approximate surface area is 230 Å². The number of carbonyl (C=O) groups excluding carboxylic acids is 2. The fourth-order valence-corrected chi connectivity index (χ4v) is 4.00. The summed E-state index contributed by atoms with van der Waals surface area (Å²) in [5.41, 5.74) is 1.25. The van der Waals surface area contributed by atoms with Crippen molar-refractivity contribution in [2.75, 3.05) is 18.5 Å². The van der Waals surface area contributed by atoms with Gasteiger partial charge in [-0.05, 0) is 73.8 Å². The molecule has 32 heavy (non-hydrogen) atoms. The molecule has 1 aliphatic carbocycles. The molecule has 0 spiro atoms. The zero-order valence-corrected chi connectivity index (χ0v) is 21.4. The Morgan fingerprint density at radius 1 is 1.03 bits per heavy atom. The molecule has 6 nitrogen and oxygen atoms in total. The maximum absolute atomic E-state index is 13.8. The third-order valence-electron chi connectivity index (χ3n) is 5.58. The summed E-state index contributed by atoms with van der Waals surface area (Å²) in [4.78, 5) is 22.9. The van der Waals surface area contributed by atoms with E-state index in [-0.39, 0.29) is 63.8 Å². The minimum atomic E-state index is -1.21. The molecule has 1 aliphatic rings. The molecule has 0 bridgehead atoms. The van der Waals surface area contributed by atoms with Gasteiger partial charge in [0.15, 0.2) is 0 Å². The van der Waals surface area contributed by atoms with Crippen molar-refractivity contribution in [3.05, 3.63) is 66.0 Å². The Morgan fingerprint density at radius 2 is 1.72 bits per heavy atom. The molecule has 0 aromatic heterocycles. The molecule has 1 atom stereocenters. The fraction of sp³-hybridized carbons (Fsp3) is 0.417. The summed E-state index contributed by atoms with van der Waals surface area (Å²) in [6, 6.07) is 15.2. The van der Waals surface area contributed by atoms with E-state index in [1.807, 2.05) is 18.2 Å². The third kappa shape index (κ3) is 9.29. The minimum absolute atomic E-state index is 0. The molecule has 1 fully saturated rings. The van der Waals surface area contributed by atoms with Crippen molar-refractivity contribution in [1.82, 2.24) is 0 Å². The topological polar surface area (TPSA) is 87.7 Å². The molecule has 0 unspecified atom stereocenters. The van der Waals surface area contributed by atoms with Gasteiger partial charge in [0.25, 0.3) is 0 Å². The van der Waals surface area contributed by atoms with E-state index < -0.39 is 18.2 Å². The SMILES string of the molecule is O=C([O-])COCC1CCC(C[C@@H](OC(=O)Nc2ccccc2)c2cccc(F)c2)CC1.[K+]. The van der Waals surface area contributed by atoms with E-state index in [9.17, 15) is 19.1 Å². The summed E-state index contributed by atoms with van der Waals surface area (Å²) in [6.07, 6.45) is 3.09. The average Bonchev–Trinajstić information content (AvgIpc) is 2.75. The van der Waals surface area contributed by atoms with Gasteiger partial charge in [-0.15, -0.1) is 0 Å². The number of carboxylic acids is 1. The van der Waals surface area contributed by atoms with Crippen LogP contribution in [0.15, 0.2) is 54.6 Å². The number of aliphatic carboxylic acids is 1. The van der Waals surface area contributed by atoms with Gasteiger partial charge in [0.1, 0.15) is 11.9 Å². The first-order chi connectivity index (χ1) is 15.0. The maximum atomic E-state index is 13.8. The van der Waals surface area contributed by atoms with Crippen molar-refractivity contribution in [2.24, 2.45) is 11.8 Å². The second-order valence-electron chi connectivity index (χ2n) is 7.95. The van der Waals surface area contributed by atoms with Crippen LogP contribution in [0.1, 0.15) is 43.8 Å². The quantitative estimate of drug-likeness (QED) is 0.558. The Morgan fingerprint density at radius 3 is 2.38 bits per heavy atom. The van der Waals surface area contributed by atoms with Gasteiger partial charge in [-0.3, -0.25) is 5.32 Å². The van der Waals surface area contributed by atoms with Crippen LogP contribution >= 0.6 is 0 Å². The number of hydrogen-bond acceptors (Lipinski definition) is 5. The summed E-state index contributed by atoms with van der Waals surface area (Å²) in [5, 5.41) is 13.2. The minimum Gasteiger partial charge on any atom is -0.548 e. The first-order valence-electron chi connectivity index (χ1n) is 10.6. The van der Waals surface area contributed by atoms with Crippen molar-refractivity contribution in [2.45, 2.75) is 38.2 Å². The van der Waals surface area contributed by atoms with E-state index in [0.717, 1.165) is 25.7 Å². The van der Waals surface area contributed by atoms with Crippen LogP contribution in [0.25, 0.3) is 0 Å². The molecule has 1 N–H and O–H groups in total. The molecule has 0 saturated heterocycles. The number of rotatable bonds is 9. The van der Waals surface area contributed by atoms with Crippen molar-refractivity contribution < 1.29 is 79.9 Å². The normalized spacial score (nSPS) is 18.8. The molecule has 1 amide bonds. The number of para-hydroxylation sites is 1. The number of ether oxygens (including phenoxy) is 2. The Balaban J connectivity index is 0.00000363. The van der Waals surface area contributed by atoms with Gasteiger partial charge in [0.05, 0.1) is 12.6 Å². The van der Waals surface area contributed by atoms with Crippen LogP contribution < -0.4 is 61.8 Å². The largest absolute Gasteiger partial charge is 1.00 e. The molecule has 0 radical (unpaired) electrons. The third-order valence-corrected chi connectivity index (χ3v) is 5.58. The van der Waals surface area contributed by atoms with Gasteiger partial charge < -0.3 is 19.4 Å². The molecular weight excluding hydrogens is 440 g/mol. The van der Waals surface area contributed by atoms with Crippen molar-refractivity contribution in [3.8, 4) is 0 Å². The average molecular weight is 468 g/mol. The molecule has 0 aliphatic heterocycles. The number of carbonyl (C=O) groups is 2. The Hall–Kier alpha value is -1.29. The van der Waals surface area contributed by atoms with Gasteiger partial charge in [0, 0.05) is 12.3 Å². The van der Waals surface area contributed by atoms with E-state index in [0.29, 0.717) is 36.1 Å². The van der Waals surface area contributed by atoms with Gasteiger partial charge in [-0.25, -0.2) is 9.18 Å². The standard InChI is InChI=1S/C24H28FNO5.K/c25-20-6-4-5-19(14-20)22(31-24(29)26-21-7-2-1-3-8-21)13-17-9-11-18(12-10-17)15-30-16-23(27)28;/h1-8,14,17-18,22H,9-13,15-16H2,(H,26,29)(H,27,28);/q;+1/p-1/t17?,18?,22-;/m1./s1. The monoisotopic (exact) mass is 467 g/mol. The van der Waals surface area contributed by atoms with Gasteiger partial charge in [0.2, 0.25) is 0 Å². The predicted molar refractivity (Wildman–Crippen MR) is 112 cm³/mol. The maximum Gasteiger partial charge on any atom is 1.00 e. The molecule has 1 saturated carbocycles. The molecule has 166 valence electrons. The first-order valence-corrected chi connectivity index (χ1v) is 10.6. The second-order valence-corrected chi connectivity index (χ2v) is 7.95. The van der Waals surface area contributed by atoms with Crippen molar-refractivity contribution in [1.29, 1.82) is 0 Å². The summed E-state index contributed by atoms with van der Waals surface area (Å²) in [7, 11) is 0. The first kappa shape index (κ1) is 27.0. The number of anilines is 1. The second kappa shape index (κ2) is 14.1. The van der Waals surface area contributed by atoms with Gasteiger partial charge in [-0.1, -0.05) is 30.3 Å². The van der Waals surface area contributed by atoms with E-state index in [1.165, 1.54) is 12.1 Å². The molecular formula is C24H27FKNO5. The molecule has 2 aromatic carbocycles. The molecule has 0 heterocycles. The van der Waals surface area contributed by atoms with E-state index in [1.54, 1.807) is 24.3 Å². The van der Waals surface area contributed by atoms with E-state index >= 15 is 0 Å². The Kier molecular flexibility index (Phi) is 11.9. The van der Waals surface area contributed by atoms with E-state index in [4.69, 9.17) is 9.47 Å². The smallest absolute Gasteiger partial charge is 0.548 e. The number of carboxylic acid groups (broad SMARTS) is 1. The van der Waals surface area contributed by atoms with Crippen LogP contribution in [0, 0.1) is 17.7 Å². The van der Waals surface area contributed by atoms with Gasteiger partial charge in [-0.2, -0.15) is 0 Å². The zero-order valence-electron chi connectivity index (χ0n) is 18.3. The number of benzene rings is 2. The van der Waals surface area contributed by atoms with Crippen LogP contribution in [-0.2, 0) is 14.3 Å². The van der Waals surface area contributed by atoms with Crippen molar-refractivity contribution in [3.63, 3.8) is 0 Å². The van der Waals surface area contributed by atoms with Crippen LogP contribution in [0.5, 0.6) is 0 Å². The fourth-order valence-electron chi connectivity index (χ4n) is 4.00. The van der Waals surface area contributed by atoms with Crippen LogP contribution in [0.3, 0.4) is 0 Å². The number of nitrogens with one attached hydrogen (secondary N) is 1. The summed E-state index contributed by atoms with van der Waals surface area (Å²) in [6.45, 7) is 0.0238. The zero-order chi connectivity index (χ0) is 22.1. The number of halogens is 1. The van der Waals surface area contributed by atoms with Crippen molar-refractivity contribution >= 4 is 17.7 Å². The Bertz CT molecular complexity index is 858. The molecule has 2 aromatic rings. The summed E-state index contributed by atoms with van der Waals surface area (Å²) in [5.74, 6) is -0.957. The summed E-state index contributed by atoms with van der Waals surface area (Å²) >= 11 is 0. The van der Waals surface area contributed by atoms with Gasteiger partial charge >= 0.3 is 57.5 Å². The molecule has 8 heteroatoms. The number of amides is 1. The predicted octanol–water partition coefficient (Wildman–Crippen LogP) is 1.08. The van der Waals surface area contributed by atoms with Crippen LogP contribution in [0.2, 0.25) is 0 Å². The summed E-state index contributed by atoms with van der Waals surface area (Å²) < 4.78 is 24.7. The molecule has 3 rings (SSSR count). The van der Waals surface area contributed by atoms with Crippen LogP contribution in [0.4, 0.5) is 14.9 Å². The van der Waals surface area contributed by atoms with Crippen LogP contribution in [-0.4, -0.2) is 25.3 Å². The number of hydrogen-bond donors (Lipinski definition) is 1. The van der Waals surface area contributed by atoms with E-state index in [2.05, 4.69) is 5.32 Å².